The average molecular weight is 475 g/mol. The molecular formula is C26H26N4O5. The summed E-state index contributed by atoms with van der Waals surface area (Å²) >= 11 is 0. The molecule has 180 valence electrons. The molecule has 0 spiro atoms. The predicted octanol–water partition coefficient (Wildman–Crippen LogP) is 5.42. The lowest BCUT2D eigenvalue weighted by atomic mass is 10.2. The summed E-state index contributed by atoms with van der Waals surface area (Å²) in [5.41, 5.74) is 0.764. The van der Waals surface area contributed by atoms with E-state index >= 15 is 0 Å². The molecule has 0 aliphatic heterocycles. The number of anilines is 1. The van der Waals surface area contributed by atoms with Gasteiger partial charge in [-0.2, -0.15) is 0 Å². The number of hydrogen-bond donors (Lipinski definition) is 2. The van der Waals surface area contributed by atoms with Crippen molar-refractivity contribution in [1.82, 2.24) is 14.9 Å². The lowest BCUT2D eigenvalue weighted by Gasteiger charge is -2.10. The Morgan fingerprint density at radius 1 is 0.971 bits per heavy atom. The molecule has 9 heteroatoms. The van der Waals surface area contributed by atoms with Gasteiger partial charge in [0.1, 0.15) is 23.1 Å². The first kappa shape index (κ1) is 23.8. The van der Waals surface area contributed by atoms with E-state index in [0.717, 1.165) is 17.3 Å². The highest BCUT2D eigenvalue weighted by Crippen LogP contribution is 2.27. The molecule has 4 rings (SSSR count). The van der Waals surface area contributed by atoms with Crippen LogP contribution in [-0.2, 0) is 4.74 Å². The van der Waals surface area contributed by atoms with Gasteiger partial charge in [-0.05, 0) is 55.8 Å². The van der Waals surface area contributed by atoms with Gasteiger partial charge in [0.2, 0.25) is 0 Å². The second-order valence-corrected chi connectivity index (χ2v) is 7.50. The average Bonchev–Trinajstić information content (AvgIpc) is 3.28. The molecule has 2 N–H and O–H groups in total. The smallest absolute Gasteiger partial charge is 0.418 e. The van der Waals surface area contributed by atoms with E-state index in [1.807, 2.05) is 31.2 Å². The first-order chi connectivity index (χ1) is 17.1. The molecule has 0 aliphatic carbocycles. The van der Waals surface area contributed by atoms with Crippen molar-refractivity contribution in [2.24, 2.45) is 0 Å². The molecule has 9 nitrogen and oxygen atoms in total. The summed E-state index contributed by atoms with van der Waals surface area (Å²) in [6.07, 6.45) is 3.35. The third kappa shape index (κ3) is 6.58. The van der Waals surface area contributed by atoms with Crippen molar-refractivity contribution in [2.75, 3.05) is 25.1 Å². The van der Waals surface area contributed by atoms with Crippen molar-refractivity contribution in [1.29, 1.82) is 0 Å². The molecule has 0 aliphatic rings. The Morgan fingerprint density at radius 2 is 1.80 bits per heavy atom. The Labute approximate surface area is 202 Å². The Morgan fingerprint density at radius 3 is 2.63 bits per heavy atom. The highest BCUT2D eigenvalue weighted by atomic mass is 16.6. The Bertz CT molecular complexity index is 1290. The maximum absolute atomic E-state index is 12.5. The SMILES string of the molecule is CCOCCCNC(=O)n1ccc2cc(Oc3ccnc(NC(=O)Oc4ccccc4)c3)ccc21. The van der Waals surface area contributed by atoms with Crippen molar-refractivity contribution in [3.63, 3.8) is 0 Å². The minimum absolute atomic E-state index is 0.197. The van der Waals surface area contributed by atoms with Crippen LogP contribution in [0.5, 0.6) is 17.2 Å². The molecule has 2 aromatic carbocycles. The van der Waals surface area contributed by atoms with Crippen LogP contribution in [0.4, 0.5) is 15.4 Å². The van der Waals surface area contributed by atoms with Crippen LogP contribution >= 0.6 is 0 Å². The first-order valence-electron chi connectivity index (χ1n) is 11.3. The molecule has 0 unspecified atom stereocenters. The maximum Gasteiger partial charge on any atom is 0.418 e. The number of nitrogens with zero attached hydrogens (tertiary/aromatic N) is 2. The van der Waals surface area contributed by atoms with Crippen LogP contribution in [0.1, 0.15) is 13.3 Å². The normalized spacial score (nSPS) is 10.7. The zero-order valence-corrected chi connectivity index (χ0v) is 19.3. The summed E-state index contributed by atoms with van der Waals surface area (Å²) < 4.78 is 18.0. The van der Waals surface area contributed by atoms with E-state index in [9.17, 15) is 9.59 Å². The van der Waals surface area contributed by atoms with E-state index in [-0.39, 0.29) is 11.8 Å². The number of pyridine rings is 1. The molecule has 4 aromatic rings. The Kier molecular flexibility index (Phi) is 7.92. The number of fused-ring (bicyclic) bond motifs is 1. The van der Waals surface area contributed by atoms with E-state index in [1.165, 1.54) is 6.20 Å². The third-order valence-corrected chi connectivity index (χ3v) is 4.98. The number of ether oxygens (including phenoxy) is 3. The van der Waals surface area contributed by atoms with E-state index in [1.54, 1.807) is 53.2 Å². The molecular weight excluding hydrogens is 448 g/mol. The molecule has 35 heavy (non-hydrogen) atoms. The van der Waals surface area contributed by atoms with E-state index in [0.29, 0.717) is 37.0 Å². The van der Waals surface area contributed by atoms with Crippen LogP contribution in [-0.4, -0.2) is 41.4 Å². The summed E-state index contributed by atoms with van der Waals surface area (Å²) in [6.45, 7) is 3.76. The number of hydrogen-bond acceptors (Lipinski definition) is 6. The van der Waals surface area contributed by atoms with Gasteiger partial charge in [0.05, 0.1) is 5.52 Å². The molecule has 0 atom stereocenters. The quantitative estimate of drug-likeness (QED) is 0.314. The molecule has 0 bridgehead atoms. The molecule has 0 saturated heterocycles. The summed E-state index contributed by atoms with van der Waals surface area (Å²) in [5, 5.41) is 6.32. The fourth-order valence-corrected chi connectivity index (χ4v) is 3.37. The largest absolute Gasteiger partial charge is 0.457 e. The van der Waals surface area contributed by atoms with Gasteiger partial charge in [0, 0.05) is 43.6 Å². The molecule has 2 amide bonds. The second kappa shape index (κ2) is 11.7. The van der Waals surface area contributed by atoms with Crippen LogP contribution in [0.15, 0.2) is 79.1 Å². The van der Waals surface area contributed by atoms with Crippen molar-refractivity contribution < 1.29 is 23.8 Å². The van der Waals surface area contributed by atoms with E-state index in [4.69, 9.17) is 14.2 Å². The van der Waals surface area contributed by atoms with Crippen LogP contribution < -0.4 is 20.1 Å². The monoisotopic (exact) mass is 474 g/mol. The number of carbonyl (C=O) groups excluding carboxylic acids is 2. The topological polar surface area (TPSA) is 104 Å². The van der Waals surface area contributed by atoms with Gasteiger partial charge in [-0.25, -0.2) is 14.6 Å². The molecule has 0 radical (unpaired) electrons. The summed E-state index contributed by atoms with van der Waals surface area (Å²) in [6, 6.07) is 19.1. The number of amides is 2. The lowest BCUT2D eigenvalue weighted by molar-refractivity contribution is 0.145. The standard InChI is InChI=1S/C26H26N4O5/c1-2-33-16-6-13-28-25(31)30-15-12-19-17-21(9-10-23(19)30)34-22-11-14-27-24(18-22)29-26(32)35-20-7-4-3-5-8-20/h3-5,7-12,14-15,17-18H,2,6,13,16H2,1H3,(H,28,31)(H,27,29,32). The maximum atomic E-state index is 12.5. The Hall–Kier alpha value is -4.37. The minimum Gasteiger partial charge on any atom is -0.457 e. The number of nitrogens with one attached hydrogen (secondary N) is 2. The second-order valence-electron chi connectivity index (χ2n) is 7.50. The van der Waals surface area contributed by atoms with Gasteiger partial charge in [0.15, 0.2) is 0 Å². The fourth-order valence-electron chi connectivity index (χ4n) is 3.37. The van der Waals surface area contributed by atoms with Crippen molar-refractivity contribution in [3.8, 4) is 17.2 Å². The highest BCUT2D eigenvalue weighted by molar-refractivity contribution is 5.92. The summed E-state index contributed by atoms with van der Waals surface area (Å²) in [5.74, 6) is 1.78. The van der Waals surface area contributed by atoms with Crippen molar-refractivity contribution in [3.05, 3.63) is 79.1 Å². The van der Waals surface area contributed by atoms with Crippen LogP contribution in [0, 0.1) is 0 Å². The molecule has 0 fully saturated rings. The minimum atomic E-state index is -0.653. The molecule has 0 saturated carbocycles. The number of para-hydroxylation sites is 1. The number of benzene rings is 2. The van der Waals surface area contributed by atoms with Crippen LogP contribution in [0.2, 0.25) is 0 Å². The number of carbonyl (C=O) groups is 2. The highest BCUT2D eigenvalue weighted by Gasteiger charge is 2.11. The summed E-state index contributed by atoms with van der Waals surface area (Å²) in [4.78, 5) is 28.7. The van der Waals surface area contributed by atoms with Gasteiger partial charge < -0.3 is 19.5 Å². The lowest BCUT2D eigenvalue weighted by Crippen LogP contribution is -2.29. The Balaban J connectivity index is 1.37. The van der Waals surface area contributed by atoms with Gasteiger partial charge >= 0.3 is 12.1 Å². The van der Waals surface area contributed by atoms with Gasteiger partial charge in [-0.15, -0.1) is 0 Å². The predicted molar refractivity (Wildman–Crippen MR) is 132 cm³/mol. The van der Waals surface area contributed by atoms with Crippen LogP contribution in [0.25, 0.3) is 10.9 Å². The first-order valence-corrected chi connectivity index (χ1v) is 11.3. The third-order valence-electron chi connectivity index (χ3n) is 4.98. The van der Waals surface area contributed by atoms with Crippen molar-refractivity contribution >= 4 is 28.8 Å². The molecule has 2 aromatic heterocycles. The number of rotatable bonds is 9. The van der Waals surface area contributed by atoms with Gasteiger partial charge in [0.25, 0.3) is 0 Å². The zero-order chi connectivity index (χ0) is 24.5. The summed E-state index contributed by atoms with van der Waals surface area (Å²) in [7, 11) is 0. The molecule has 2 heterocycles. The van der Waals surface area contributed by atoms with E-state index < -0.39 is 6.09 Å². The van der Waals surface area contributed by atoms with Crippen LogP contribution in [0.3, 0.4) is 0 Å². The zero-order valence-electron chi connectivity index (χ0n) is 19.3. The van der Waals surface area contributed by atoms with Crippen molar-refractivity contribution in [2.45, 2.75) is 13.3 Å². The number of aromatic nitrogens is 2. The van der Waals surface area contributed by atoms with Gasteiger partial charge in [-0.3, -0.25) is 9.88 Å². The fraction of sp³-hybridized carbons (Fsp3) is 0.192. The van der Waals surface area contributed by atoms with Gasteiger partial charge in [-0.1, -0.05) is 18.2 Å². The van der Waals surface area contributed by atoms with E-state index in [2.05, 4.69) is 15.6 Å².